The van der Waals surface area contributed by atoms with Gasteiger partial charge < -0.3 is 16.0 Å². The van der Waals surface area contributed by atoms with E-state index in [-0.39, 0.29) is 47.7 Å². The second-order valence-corrected chi connectivity index (χ2v) is 9.10. The maximum Gasteiger partial charge on any atom is 0.246 e. The summed E-state index contributed by atoms with van der Waals surface area (Å²) in [5.74, 6) is 1.22. The number of rotatable bonds is 8. The Morgan fingerprint density at radius 1 is 1.24 bits per heavy atom. The molecule has 0 aliphatic heterocycles. The summed E-state index contributed by atoms with van der Waals surface area (Å²) >= 11 is 0. The van der Waals surface area contributed by atoms with Crippen molar-refractivity contribution in [3.05, 3.63) is 29.8 Å². The van der Waals surface area contributed by atoms with Gasteiger partial charge >= 0.3 is 0 Å². The highest BCUT2D eigenvalue weighted by molar-refractivity contribution is 14.0. The van der Waals surface area contributed by atoms with E-state index in [0.29, 0.717) is 11.7 Å². The van der Waals surface area contributed by atoms with E-state index in [0.717, 1.165) is 44.3 Å². The standard InChI is InChI=1S/C21H34N4O2S.HI/c1-4-16-9-7-10-17(13-16)24-20(26)15-23-21(22-5-2)25-18-11-8-12-19(14-18)28(27)6-3;/h7,9-10,13,18-19H,4-6,8,11-12,14-15H2,1-3H3,(H,24,26)(H2,22,23,25);1H. The molecule has 0 spiro atoms. The van der Waals surface area contributed by atoms with E-state index in [1.807, 2.05) is 38.1 Å². The van der Waals surface area contributed by atoms with Gasteiger partial charge in [-0.05, 0) is 50.3 Å². The van der Waals surface area contributed by atoms with Gasteiger partial charge in [-0.1, -0.05) is 32.4 Å². The van der Waals surface area contributed by atoms with Gasteiger partial charge in [0.1, 0.15) is 6.54 Å². The summed E-state index contributed by atoms with van der Waals surface area (Å²) in [6.45, 7) is 6.86. The lowest BCUT2D eigenvalue weighted by atomic mass is 9.95. The molecule has 2 rings (SSSR count). The van der Waals surface area contributed by atoms with Crippen LogP contribution in [0.25, 0.3) is 0 Å². The average Bonchev–Trinajstić information content (AvgIpc) is 2.72. The lowest BCUT2D eigenvalue weighted by Gasteiger charge is -2.30. The number of aliphatic imine (C=N–C) groups is 1. The molecule has 1 aliphatic carbocycles. The third-order valence-electron chi connectivity index (χ3n) is 4.97. The Kier molecular flexibility index (Phi) is 12.4. The molecule has 1 aliphatic rings. The van der Waals surface area contributed by atoms with E-state index < -0.39 is 10.8 Å². The zero-order chi connectivity index (χ0) is 20.4. The number of halogens is 1. The van der Waals surface area contributed by atoms with E-state index in [1.54, 1.807) is 0 Å². The predicted octanol–water partition coefficient (Wildman–Crippen LogP) is 3.44. The molecule has 1 saturated carbocycles. The molecule has 0 heterocycles. The molecule has 3 unspecified atom stereocenters. The zero-order valence-electron chi connectivity index (χ0n) is 17.7. The second kappa shape index (κ2) is 14.0. The van der Waals surface area contributed by atoms with Crippen LogP contribution in [0.2, 0.25) is 0 Å². The molecule has 29 heavy (non-hydrogen) atoms. The monoisotopic (exact) mass is 534 g/mol. The Balaban J connectivity index is 0.00000420. The van der Waals surface area contributed by atoms with Crippen molar-refractivity contribution >= 4 is 52.3 Å². The van der Waals surface area contributed by atoms with Crippen molar-refractivity contribution in [2.75, 3.05) is 24.2 Å². The third-order valence-corrected chi connectivity index (χ3v) is 6.71. The van der Waals surface area contributed by atoms with Crippen LogP contribution in [-0.4, -0.2) is 46.2 Å². The molecular weight excluding hydrogens is 499 g/mol. The topological polar surface area (TPSA) is 82.6 Å². The molecule has 0 aromatic heterocycles. The molecule has 3 N–H and O–H groups in total. The quantitative estimate of drug-likeness (QED) is 0.271. The first-order chi connectivity index (χ1) is 13.5. The highest BCUT2D eigenvalue weighted by atomic mass is 127. The molecule has 1 amide bonds. The molecule has 1 aromatic carbocycles. The molecular formula is C21H35IN4O2S. The number of carbonyl (C=O) groups excluding carboxylic acids is 1. The number of aryl methyl sites for hydroxylation is 1. The number of hydrogen-bond acceptors (Lipinski definition) is 3. The Bertz CT molecular complexity index is 699. The maximum atomic E-state index is 12.3. The van der Waals surface area contributed by atoms with E-state index in [9.17, 15) is 9.00 Å². The molecule has 0 bridgehead atoms. The van der Waals surface area contributed by atoms with Gasteiger partial charge in [0.25, 0.3) is 0 Å². The highest BCUT2D eigenvalue weighted by Crippen LogP contribution is 2.23. The van der Waals surface area contributed by atoms with E-state index >= 15 is 0 Å². The summed E-state index contributed by atoms with van der Waals surface area (Å²) in [7, 11) is -0.754. The Morgan fingerprint density at radius 2 is 2.03 bits per heavy atom. The molecule has 3 atom stereocenters. The fraction of sp³-hybridized carbons (Fsp3) is 0.619. The summed E-state index contributed by atoms with van der Waals surface area (Å²) in [5.41, 5.74) is 1.99. The first-order valence-electron chi connectivity index (χ1n) is 10.4. The van der Waals surface area contributed by atoms with Crippen molar-refractivity contribution in [1.29, 1.82) is 0 Å². The first kappa shape index (κ1) is 25.9. The Labute approximate surface area is 194 Å². The van der Waals surface area contributed by atoms with Crippen LogP contribution < -0.4 is 16.0 Å². The molecule has 8 heteroatoms. The van der Waals surface area contributed by atoms with Crippen LogP contribution in [0.15, 0.2) is 29.3 Å². The van der Waals surface area contributed by atoms with Crippen molar-refractivity contribution < 1.29 is 9.00 Å². The molecule has 0 saturated heterocycles. The number of amides is 1. The average molecular weight is 535 g/mol. The Morgan fingerprint density at radius 3 is 2.72 bits per heavy atom. The summed E-state index contributed by atoms with van der Waals surface area (Å²) in [6.07, 6.45) is 4.97. The second-order valence-electron chi connectivity index (χ2n) is 7.10. The van der Waals surface area contributed by atoms with Gasteiger partial charge in [-0.2, -0.15) is 0 Å². The van der Waals surface area contributed by atoms with Crippen molar-refractivity contribution in [3.63, 3.8) is 0 Å². The highest BCUT2D eigenvalue weighted by Gasteiger charge is 2.26. The third kappa shape index (κ3) is 9.02. The number of nitrogens with zero attached hydrogens (tertiary/aromatic N) is 1. The first-order valence-corrected chi connectivity index (χ1v) is 11.7. The van der Waals surface area contributed by atoms with Crippen LogP contribution in [0.4, 0.5) is 5.69 Å². The van der Waals surface area contributed by atoms with Crippen molar-refractivity contribution in [2.24, 2.45) is 4.99 Å². The molecule has 164 valence electrons. The number of benzene rings is 1. The molecule has 1 fully saturated rings. The van der Waals surface area contributed by atoms with Gasteiger partial charge in [0.15, 0.2) is 5.96 Å². The minimum atomic E-state index is -0.754. The van der Waals surface area contributed by atoms with Gasteiger partial charge in [-0.15, -0.1) is 24.0 Å². The van der Waals surface area contributed by atoms with Crippen LogP contribution >= 0.6 is 24.0 Å². The summed E-state index contributed by atoms with van der Waals surface area (Å²) in [4.78, 5) is 16.7. The lowest BCUT2D eigenvalue weighted by Crippen LogP contribution is -2.47. The SMILES string of the molecule is CCNC(=NCC(=O)Nc1cccc(CC)c1)NC1CCCC(S(=O)CC)C1.I. The summed E-state index contributed by atoms with van der Waals surface area (Å²) < 4.78 is 12.1. The number of anilines is 1. The molecule has 6 nitrogen and oxygen atoms in total. The van der Waals surface area contributed by atoms with Crippen LogP contribution in [0.3, 0.4) is 0 Å². The fourth-order valence-corrected chi connectivity index (χ4v) is 4.83. The summed E-state index contributed by atoms with van der Waals surface area (Å²) in [5, 5.41) is 9.80. The minimum absolute atomic E-state index is 0. The van der Waals surface area contributed by atoms with Crippen LogP contribution in [0, 0.1) is 0 Å². The number of nitrogens with one attached hydrogen (secondary N) is 3. The van der Waals surface area contributed by atoms with Gasteiger partial charge in [0.2, 0.25) is 5.91 Å². The van der Waals surface area contributed by atoms with Gasteiger partial charge in [0.05, 0.1) is 0 Å². The predicted molar refractivity (Wildman–Crippen MR) is 134 cm³/mol. The number of guanidine groups is 1. The van der Waals surface area contributed by atoms with Crippen LogP contribution in [0.1, 0.15) is 52.0 Å². The zero-order valence-corrected chi connectivity index (χ0v) is 20.8. The van der Waals surface area contributed by atoms with Gasteiger partial charge in [-0.25, -0.2) is 4.99 Å². The van der Waals surface area contributed by atoms with Gasteiger partial charge in [0, 0.05) is 40.1 Å². The van der Waals surface area contributed by atoms with Crippen molar-refractivity contribution in [1.82, 2.24) is 10.6 Å². The number of hydrogen-bond donors (Lipinski definition) is 3. The van der Waals surface area contributed by atoms with E-state index in [1.165, 1.54) is 5.56 Å². The molecule has 1 aromatic rings. The van der Waals surface area contributed by atoms with E-state index in [4.69, 9.17) is 0 Å². The summed E-state index contributed by atoms with van der Waals surface area (Å²) in [6, 6.07) is 8.12. The maximum absolute atomic E-state index is 12.3. The largest absolute Gasteiger partial charge is 0.357 e. The lowest BCUT2D eigenvalue weighted by molar-refractivity contribution is -0.114. The van der Waals surface area contributed by atoms with Crippen LogP contribution in [-0.2, 0) is 22.0 Å². The van der Waals surface area contributed by atoms with E-state index in [2.05, 4.69) is 27.9 Å². The minimum Gasteiger partial charge on any atom is -0.357 e. The normalized spacial score (nSPS) is 20.3. The number of carbonyl (C=O) groups is 1. The van der Waals surface area contributed by atoms with Crippen molar-refractivity contribution in [3.8, 4) is 0 Å². The smallest absolute Gasteiger partial charge is 0.246 e. The van der Waals surface area contributed by atoms with Crippen molar-refractivity contribution in [2.45, 2.75) is 64.2 Å². The van der Waals surface area contributed by atoms with Crippen LogP contribution in [0.5, 0.6) is 0 Å². The molecule has 0 radical (unpaired) electrons. The van der Waals surface area contributed by atoms with Gasteiger partial charge in [-0.3, -0.25) is 9.00 Å². The Hall–Kier alpha value is -1.16. The fourth-order valence-electron chi connectivity index (χ4n) is 3.48.